The normalized spacial score (nSPS) is 14.5. The number of halogens is 9. The molecule has 1 fully saturated rings. The fourth-order valence-corrected chi connectivity index (χ4v) is 4.55. The number of anilines is 2. The van der Waals surface area contributed by atoms with Crippen molar-refractivity contribution in [1.29, 1.82) is 0 Å². The van der Waals surface area contributed by atoms with E-state index in [2.05, 4.69) is 20.9 Å². The molecule has 1 heterocycles. The quantitative estimate of drug-likeness (QED) is 0.150. The van der Waals surface area contributed by atoms with Crippen LogP contribution in [0.4, 0.5) is 46.8 Å². The predicted molar refractivity (Wildman–Crippen MR) is 144 cm³/mol. The van der Waals surface area contributed by atoms with Crippen molar-refractivity contribution < 1.29 is 49.4 Å². The number of nitrogens with one attached hydrogen (secondary N) is 3. The summed E-state index contributed by atoms with van der Waals surface area (Å²) in [6.07, 6.45) is -14.0. The zero-order valence-corrected chi connectivity index (χ0v) is 23.7. The molecule has 0 atom stereocenters. The first kappa shape index (κ1) is 33.1. The van der Waals surface area contributed by atoms with Crippen molar-refractivity contribution in [2.45, 2.75) is 51.0 Å². The molecule has 1 aliphatic carbocycles. The van der Waals surface area contributed by atoms with Gasteiger partial charge in [-0.05, 0) is 43.0 Å². The number of nitrogens with zero attached hydrogens (tertiary/aromatic N) is 2. The maximum Gasteiger partial charge on any atom is 0.403 e. The van der Waals surface area contributed by atoms with Crippen LogP contribution >= 0.6 is 11.6 Å². The number of amides is 2. The van der Waals surface area contributed by atoms with Crippen LogP contribution in [0, 0.1) is 5.41 Å². The number of imidazole rings is 1. The largest absolute Gasteiger partial charge is 0.487 e. The summed E-state index contributed by atoms with van der Waals surface area (Å²) >= 11 is 6.30. The van der Waals surface area contributed by atoms with E-state index in [1.807, 2.05) is 0 Å². The zero-order chi connectivity index (χ0) is 32.4. The standard InChI is InChI=1S/C27H26ClF8N5O3/c1-41-19-11-20(44-13-21(29)30)15(22(42)37-8-2-5-26(31,32)33)10-18(19)40-24(41)39-17-9-14(3-4-16(17)28)12-38-23(43)25(6-7-25)27(34,35)36/h3-4,9-11,21H,2,5-8,12-13H2,1H3,(H,37,42)(H,38,43)(H,39,40). The summed E-state index contributed by atoms with van der Waals surface area (Å²) in [4.78, 5) is 29.4. The lowest BCUT2D eigenvalue weighted by molar-refractivity contribution is -0.192. The maximum absolute atomic E-state index is 13.2. The van der Waals surface area contributed by atoms with Crippen molar-refractivity contribution in [2.24, 2.45) is 12.5 Å². The van der Waals surface area contributed by atoms with Crippen LogP contribution in [0.1, 0.15) is 41.6 Å². The second kappa shape index (κ2) is 12.7. The molecule has 0 radical (unpaired) electrons. The lowest BCUT2D eigenvalue weighted by atomic mass is 10.1. The van der Waals surface area contributed by atoms with Gasteiger partial charge in [-0.15, -0.1) is 0 Å². The van der Waals surface area contributed by atoms with Crippen molar-refractivity contribution in [3.63, 3.8) is 0 Å². The number of rotatable bonds is 12. The second-order valence-corrected chi connectivity index (χ2v) is 10.6. The van der Waals surface area contributed by atoms with Crippen molar-refractivity contribution in [1.82, 2.24) is 20.2 Å². The van der Waals surface area contributed by atoms with Gasteiger partial charge in [-0.2, -0.15) is 26.3 Å². The Morgan fingerprint density at radius 1 is 1.09 bits per heavy atom. The highest BCUT2D eigenvalue weighted by molar-refractivity contribution is 6.33. The van der Waals surface area contributed by atoms with Gasteiger partial charge in [0, 0.05) is 32.6 Å². The van der Waals surface area contributed by atoms with Crippen LogP contribution in [-0.4, -0.2) is 53.3 Å². The molecule has 0 saturated heterocycles. The Morgan fingerprint density at radius 3 is 2.41 bits per heavy atom. The highest BCUT2D eigenvalue weighted by Gasteiger charge is 2.68. The van der Waals surface area contributed by atoms with Crippen molar-refractivity contribution >= 4 is 46.1 Å². The third-order valence-corrected chi connectivity index (χ3v) is 7.30. The maximum atomic E-state index is 13.2. The molecule has 8 nitrogen and oxygen atoms in total. The molecule has 0 spiro atoms. The van der Waals surface area contributed by atoms with Gasteiger partial charge in [-0.3, -0.25) is 9.59 Å². The molecule has 240 valence electrons. The summed E-state index contributed by atoms with van der Waals surface area (Å²) in [5.41, 5.74) is -1.38. The van der Waals surface area contributed by atoms with Gasteiger partial charge in [-0.25, -0.2) is 13.8 Å². The monoisotopic (exact) mass is 655 g/mol. The first-order valence-electron chi connectivity index (χ1n) is 13.2. The Balaban J connectivity index is 1.54. The van der Waals surface area contributed by atoms with E-state index in [-0.39, 0.29) is 59.4 Å². The minimum absolute atomic E-state index is 0.152. The van der Waals surface area contributed by atoms with Crippen LogP contribution in [0.3, 0.4) is 0 Å². The van der Waals surface area contributed by atoms with E-state index in [0.717, 1.165) is 0 Å². The van der Waals surface area contributed by atoms with Gasteiger partial charge in [0.1, 0.15) is 17.8 Å². The lowest BCUT2D eigenvalue weighted by Crippen LogP contribution is -2.40. The molecule has 0 bridgehead atoms. The predicted octanol–water partition coefficient (Wildman–Crippen LogP) is 6.65. The fraction of sp³-hybridized carbons (Fsp3) is 0.444. The van der Waals surface area contributed by atoms with Crippen LogP contribution in [0.25, 0.3) is 11.0 Å². The van der Waals surface area contributed by atoms with Crippen LogP contribution in [0.15, 0.2) is 30.3 Å². The number of aromatic nitrogens is 2. The summed E-state index contributed by atoms with van der Waals surface area (Å²) in [7, 11) is 1.55. The molecule has 0 aliphatic heterocycles. The van der Waals surface area contributed by atoms with Crippen LogP contribution in [-0.2, 0) is 18.4 Å². The average Bonchev–Trinajstić information content (AvgIpc) is 3.71. The Morgan fingerprint density at radius 2 is 1.80 bits per heavy atom. The molecule has 2 amide bonds. The number of carbonyl (C=O) groups excluding carboxylic acids is 2. The number of aryl methyl sites for hydroxylation is 1. The van der Waals surface area contributed by atoms with Crippen LogP contribution < -0.4 is 20.7 Å². The number of carbonyl (C=O) groups is 2. The third-order valence-electron chi connectivity index (χ3n) is 6.97. The number of alkyl halides is 8. The van der Waals surface area contributed by atoms with Gasteiger partial charge >= 0.3 is 12.4 Å². The van der Waals surface area contributed by atoms with Gasteiger partial charge in [-0.1, -0.05) is 17.7 Å². The summed E-state index contributed by atoms with van der Waals surface area (Å²) in [5, 5.41) is 7.78. The number of fused-ring (bicyclic) bond motifs is 1. The SMILES string of the molecule is Cn1c(Nc2cc(CNC(=O)C3(C(F)(F)F)CC3)ccc2Cl)nc2cc(C(=O)NCCCC(F)(F)F)c(OCC(F)F)cc21. The fourth-order valence-electron chi connectivity index (χ4n) is 4.38. The van der Waals surface area contributed by atoms with E-state index in [0.29, 0.717) is 11.1 Å². The minimum atomic E-state index is -4.65. The molecule has 0 unspecified atom stereocenters. The van der Waals surface area contributed by atoms with E-state index in [1.54, 1.807) is 7.05 Å². The Kier molecular flexibility index (Phi) is 9.51. The summed E-state index contributed by atoms with van der Waals surface area (Å²) in [6, 6.07) is 6.99. The second-order valence-electron chi connectivity index (χ2n) is 10.2. The van der Waals surface area contributed by atoms with Gasteiger partial charge in [0.2, 0.25) is 11.9 Å². The first-order valence-corrected chi connectivity index (χ1v) is 13.6. The Labute approximate surface area is 250 Å². The number of hydrogen-bond donors (Lipinski definition) is 3. The van der Waals surface area contributed by atoms with Crippen LogP contribution in [0.2, 0.25) is 5.02 Å². The van der Waals surface area contributed by atoms with E-state index < -0.39 is 55.5 Å². The van der Waals surface area contributed by atoms with Crippen LogP contribution in [0.5, 0.6) is 5.75 Å². The Hall–Kier alpha value is -3.82. The molecule has 1 aromatic heterocycles. The molecular formula is C27H26ClF8N5O3. The topological polar surface area (TPSA) is 97.3 Å². The molecule has 1 aliphatic rings. The van der Waals surface area contributed by atoms with Gasteiger partial charge < -0.3 is 25.3 Å². The molecule has 3 aromatic rings. The third kappa shape index (κ3) is 7.63. The first-order chi connectivity index (χ1) is 20.5. The van der Waals surface area contributed by atoms with Gasteiger partial charge in [0.15, 0.2) is 0 Å². The molecule has 4 rings (SSSR count). The number of benzene rings is 2. The van der Waals surface area contributed by atoms with Crippen molar-refractivity contribution in [3.05, 3.63) is 46.5 Å². The summed E-state index contributed by atoms with van der Waals surface area (Å²) in [5.74, 6) is -2.06. The van der Waals surface area contributed by atoms with Crippen molar-refractivity contribution in [2.75, 3.05) is 18.5 Å². The number of hydrogen-bond acceptors (Lipinski definition) is 5. The molecule has 1 saturated carbocycles. The average molecular weight is 656 g/mol. The minimum Gasteiger partial charge on any atom is -0.487 e. The van der Waals surface area contributed by atoms with Gasteiger partial charge in [0.25, 0.3) is 12.3 Å². The van der Waals surface area contributed by atoms with Crippen molar-refractivity contribution in [3.8, 4) is 5.75 Å². The highest BCUT2D eigenvalue weighted by atomic mass is 35.5. The molecule has 44 heavy (non-hydrogen) atoms. The summed E-state index contributed by atoms with van der Waals surface area (Å²) in [6.45, 7) is -1.59. The smallest absolute Gasteiger partial charge is 0.403 e. The lowest BCUT2D eigenvalue weighted by Gasteiger charge is -2.18. The Bertz CT molecular complexity index is 1540. The van der Waals surface area contributed by atoms with Gasteiger partial charge in [0.05, 0.1) is 27.3 Å². The molecule has 3 N–H and O–H groups in total. The van der Waals surface area contributed by atoms with E-state index in [1.165, 1.54) is 34.9 Å². The summed E-state index contributed by atoms with van der Waals surface area (Å²) < 4.78 is 109. The molecule has 2 aromatic carbocycles. The molecular weight excluding hydrogens is 630 g/mol. The highest BCUT2D eigenvalue weighted by Crippen LogP contribution is 2.57. The zero-order valence-electron chi connectivity index (χ0n) is 22.9. The molecule has 17 heteroatoms. The van der Waals surface area contributed by atoms with E-state index >= 15 is 0 Å². The number of ether oxygens (including phenoxy) is 1. The van der Waals surface area contributed by atoms with E-state index in [9.17, 15) is 44.7 Å². The van der Waals surface area contributed by atoms with E-state index in [4.69, 9.17) is 16.3 Å².